The Morgan fingerprint density at radius 2 is 1.96 bits per heavy atom. The summed E-state index contributed by atoms with van der Waals surface area (Å²) in [5.41, 5.74) is 1.43. The van der Waals surface area contributed by atoms with Crippen molar-refractivity contribution in [1.82, 2.24) is 19.5 Å². The largest absolute Gasteiger partial charge is 0.484 e. The lowest BCUT2D eigenvalue weighted by molar-refractivity contribution is -0.134. The van der Waals surface area contributed by atoms with Gasteiger partial charge in [-0.2, -0.15) is 0 Å². The summed E-state index contributed by atoms with van der Waals surface area (Å²) in [6.45, 7) is 2.46. The zero-order valence-corrected chi connectivity index (χ0v) is 15.7. The highest BCUT2D eigenvalue weighted by Crippen LogP contribution is 2.31. The Labute approximate surface area is 162 Å². The number of nitrogens with zero attached hydrogens (tertiary/aromatic N) is 4. The van der Waals surface area contributed by atoms with Gasteiger partial charge in [0.2, 0.25) is 0 Å². The quantitative estimate of drug-likeness (QED) is 0.616. The number of hydrogen-bond acceptors (Lipinski definition) is 5. The topological polar surface area (TPSA) is 76.8 Å². The number of fused-ring (bicyclic) bond motifs is 1. The number of amides is 1. The second kappa shape index (κ2) is 7.80. The maximum absolute atomic E-state index is 12.8. The number of ether oxygens (including phenoxy) is 1. The van der Waals surface area contributed by atoms with Crippen LogP contribution in [0.1, 0.15) is 48.4 Å². The van der Waals surface area contributed by atoms with E-state index in [0.717, 1.165) is 24.3 Å². The smallest absolute Gasteiger partial charge is 0.261 e. The molecule has 1 atom stereocenters. The summed E-state index contributed by atoms with van der Waals surface area (Å²) in [6, 6.07) is 12.5. The second-order valence-electron chi connectivity index (χ2n) is 6.82. The summed E-state index contributed by atoms with van der Waals surface area (Å²) in [5.74, 6) is 1.36. The van der Waals surface area contributed by atoms with Gasteiger partial charge in [-0.15, -0.1) is 10.2 Å². The Bertz CT molecular complexity index is 996. The van der Waals surface area contributed by atoms with Crippen LogP contribution in [-0.2, 0) is 4.79 Å². The summed E-state index contributed by atoms with van der Waals surface area (Å²) in [7, 11) is 0. The van der Waals surface area contributed by atoms with Crippen molar-refractivity contribution in [3.8, 4) is 5.75 Å². The second-order valence-corrected chi connectivity index (χ2v) is 6.82. The lowest BCUT2D eigenvalue weighted by Gasteiger charge is -2.23. The van der Waals surface area contributed by atoms with Crippen LogP contribution in [0.4, 0.5) is 0 Å². The van der Waals surface area contributed by atoms with Crippen LogP contribution in [-0.4, -0.2) is 44.3 Å². The molecule has 0 spiro atoms. The van der Waals surface area contributed by atoms with Crippen molar-refractivity contribution in [2.75, 3.05) is 13.2 Å². The Morgan fingerprint density at radius 1 is 1.14 bits per heavy atom. The number of likely N-dealkylation sites (tertiary alicyclic amines) is 1. The van der Waals surface area contributed by atoms with Gasteiger partial charge in [0.15, 0.2) is 23.9 Å². The normalized spacial score (nSPS) is 16.5. The molecule has 1 fully saturated rings. The summed E-state index contributed by atoms with van der Waals surface area (Å²) >= 11 is 0. The van der Waals surface area contributed by atoms with Crippen LogP contribution < -0.4 is 4.74 Å². The molecule has 3 aromatic rings. The zero-order valence-electron chi connectivity index (χ0n) is 15.7. The molecule has 2 aromatic heterocycles. The van der Waals surface area contributed by atoms with Crippen molar-refractivity contribution in [1.29, 1.82) is 0 Å². The van der Waals surface area contributed by atoms with E-state index in [-0.39, 0.29) is 24.3 Å². The third-order valence-corrected chi connectivity index (χ3v) is 5.07. The van der Waals surface area contributed by atoms with Gasteiger partial charge in [-0.05, 0) is 49.2 Å². The molecule has 4 rings (SSSR count). The molecule has 0 aliphatic carbocycles. The number of carbonyl (C=O) groups is 2. The van der Waals surface area contributed by atoms with Gasteiger partial charge in [-0.1, -0.05) is 13.0 Å². The van der Waals surface area contributed by atoms with E-state index in [2.05, 4.69) is 10.2 Å². The molecule has 1 aromatic carbocycles. The average molecular weight is 378 g/mol. The predicted molar refractivity (Wildman–Crippen MR) is 103 cm³/mol. The molecule has 1 saturated heterocycles. The molecular formula is C21H22N4O3. The van der Waals surface area contributed by atoms with Crippen LogP contribution >= 0.6 is 0 Å². The van der Waals surface area contributed by atoms with Crippen LogP contribution in [0, 0.1) is 0 Å². The predicted octanol–water partition coefficient (Wildman–Crippen LogP) is 3.06. The van der Waals surface area contributed by atoms with Crippen LogP contribution in [0.5, 0.6) is 5.75 Å². The third kappa shape index (κ3) is 3.47. The summed E-state index contributed by atoms with van der Waals surface area (Å²) in [6.07, 6.45) is 4.16. The molecule has 1 aliphatic rings. The average Bonchev–Trinajstić information content (AvgIpc) is 3.38. The first-order chi connectivity index (χ1) is 13.7. The fourth-order valence-electron chi connectivity index (χ4n) is 3.59. The number of aromatic nitrogens is 3. The minimum atomic E-state index is -0.0990. The van der Waals surface area contributed by atoms with Crippen LogP contribution in [0.15, 0.2) is 48.7 Å². The van der Waals surface area contributed by atoms with E-state index in [4.69, 9.17) is 4.74 Å². The molecule has 0 N–H and O–H groups in total. The third-order valence-electron chi connectivity index (χ3n) is 5.07. The Kier molecular flexibility index (Phi) is 5.06. The zero-order chi connectivity index (χ0) is 19.5. The molecule has 144 valence electrons. The monoisotopic (exact) mass is 378 g/mol. The van der Waals surface area contributed by atoms with Crippen molar-refractivity contribution in [2.45, 2.75) is 32.2 Å². The number of pyridine rings is 1. The number of ketones is 1. The van der Waals surface area contributed by atoms with Crippen molar-refractivity contribution >= 4 is 17.3 Å². The van der Waals surface area contributed by atoms with E-state index in [1.807, 2.05) is 40.6 Å². The highest BCUT2D eigenvalue weighted by molar-refractivity contribution is 5.95. The molecule has 28 heavy (non-hydrogen) atoms. The Morgan fingerprint density at radius 3 is 2.75 bits per heavy atom. The van der Waals surface area contributed by atoms with Gasteiger partial charge in [0, 0.05) is 24.7 Å². The molecule has 7 heteroatoms. The van der Waals surface area contributed by atoms with Gasteiger partial charge >= 0.3 is 0 Å². The number of rotatable bonds is 6. The fourth-order valence-corrected chi connectivity index (χ4v) is 3.59. The van der Waals surface area contributed by atoms with Crippen LogP contribution in [0.3, 0.4) is 0 Å². The maximum atomic E-state index is 12.8. The highest BCUT2D eigenvalue weighted by atomic mass is 16.5. The first-order valence-electron chi connectivity index (χ1n) is 9.52. The van der Waals surface area contributed by atoms with Gasteiger partial charge in [0.25, 0.3) is 5.91 Å². The van der Waals surface area contributed by atoms with Crippen molar-refractivity contribution in [3.05, 3.63) is 60.0 Å². The molecule has 0 radical (unpaired) electrons. The van der Waals surface area contributed by atoms with Crippen LogP contribution in [0.25, 0.3) is 5.65 Å². The minimum absolute atomic E-state index is 0.0473. The standard InChI is InChI=1S/C21H22N4O3/c1-2-18(26)15-8-10-16(11-9-15)28-14-20(27)24-13-5-6-17(24)21-23-22-19-7-3-4-12-25(19)21/h3-4,7-12,17H,2,5-6,13-14H2,1H3. The minimum Gasteiger partial charge on any atom is -0.484 e. The molecule has 1 aliphatic heterocycles. The van der Waals surface area contributed by atoms with E-state index >= 15 is 0 Å². The maximum Gasteiger partial charge on any atom is 0.261 e. The molecule has 0 bridgehead atoms. The number of hydrogen-bond donors (Lipinski definition) is 0. The number of Topliss-reactive ketones (excluding diaryl/α,β-unsaturated/α-hetero) is 1. The first-order valence-corrected chi connectivity index (χ1v) is 9.52. The van der Waals surface area contributed by atoms with Crippen molar-refractivity contribution in [2.24, 2.45) is 0 Å². The van der Waals surface area contributed by atoms with E-state index < -0.39 is 0 Å². The molecule has 1 unspecified atom stereocenters. The molecule has 7 nitrogen and oxygen atoms in total. The van der Waals surface area contributed by atoms with Gasteiger partial charge < -0.3 is 9.64 Å². The van der Waals surface area contributed by atoms with Gasteiger partial charge in [0.05, 0.1) is 6.04 Å². The Balaban J connectivity index is 1.43. The van der Waals surface area contributed by atoms with Crippen molar-refractivity contribution in [3.63, 3.8) is 0 Å². The number of carbonyl (C=O) groups excluding carboxylic acids is 2. The van der Waals surface area contributed by atoms with Crippen LogP contribution in [0.2, 0.25) is 0 Å². The molecule has 3 heterocycles. The van der Waals surface area contributed by atoms with E-state index in [1.54, 1.807) is 24.3 Å². The van der Waals surface area contributed by atoms with Gasteiger partial charge in [0.1, 0.15) is 5.75 Å². The lowest BCUT2D eigenvalue weighted by Crippen LogP contribution is -2.35. The SMILES string of the molecule is CCC(=O)c1ccc(OCC(=O)N2CCCC2c2nnc3ccccn23)cc1. The number of benzene rings is 1. The van der Waals surface area contributed by atoms with Gasteiger partial charge in [-0.25, -0.2) is 0 Å². The Hall–Kier alpha value is -3.22. The van der Waals surface area contributed by atoms with E-state index in [9.17, 15) is 9.59 Å². The summed E-state index contributed by atoms with van der Waals surface area (Å²) in [4.78, 5) is 26.3. The fraction of sp³-hybridized carbons (Fsp3) is 0.333. The molecular weight excluding hydrogens is 356 g/mol. The first kappa shape index (κ1) is 18.2. The molecule has 0 saturated carbocycles. The lowest BCUT2D eigenvalue weighted by atomic mass is 10.1. The van der Waals surface area contributed by atoms with Gasteiger partial charge in [-0.3, -0.25) is 14.0 Å². The summed E-state index contributed by atoms with van der Waals surface area (Å²) in [5, 5.41) is 8.51. The van der Waals surface area contributed by atoms with Crippen molar-refractivity contribution < 1.29 is 14.3 Å². The van der Waals surface area contributed by atoms with E-state index in [0.29, 0.717) is 24.3 Å². The molecule has 1 amide bonds. The van der Waals surface area contributed by atoms with E-state index in [1.165, 1.54) is 0 Å². The summed E-state index contributed by atoms with van der Waals surface area (Å²) < 4.78 is 7.59. The highest BCUT2D eigenvalue weighted by Gasteiger charge is 2.33.